The number of rotatable bonds is 5. The van der Waals surface area contributed by atoms with E-state index in [1.807, 2.05) is 20.8 Å². The average molecular weight is 422 g/mol. The normalized spacial score (nSPS) is 11.6. The van der Waals surface area contributed by atoms with Crippen LogP contribution < -0.4 is 10.6 Å². The minimum Gasteiger partial charge on any atom is -0.395 e. The molecule has 3 aromatic rings. The molecule has 0 bridgehead atoms. The SMILES string of the molecule is CC(C)(C)n1nc(C(=O)NCCO)c2sc(NC(=O)c3cccc(Cl)c3)nc21. The molecule has 0 fully saturated rings. The summed E-state index contributed by atoms with van der Waals surface area (Å²) in [5, 5.41) is 19.5. The number of aliphatic hydroxyl groups is 1. The van der Waals surface area contributed by atoms with E-state index in [1.165, 1.54) is 11.3 Å². The molecule has 0 saturated carbocycles. The van der Waals surface area contributed by atoms with E-state index in [-0.39, 0.29) is 24.8 Å². The van der Waals surface area contributed by atoms with Gasteiger partial charge in [0.25, 0.3) is 11.8 Å². The Bertz CT molecular complexity index is 1040. The number of nitrogens with one attached hydrogen (secondary N) is 2. The van der Waals surface area contributed by atoms with Crippen molar-refractivity contribution in [1.29, 1.82) is 0 Å². The molecule has 2 aromatic heterocycles. The van der Waals surface area contributed by atoms with Crippen LogP contribution in [0.25, 0.3) is 10.3 Å². The maximum atomic E-state index is 12.5. The van der Waals surface area contributed by atoms with Gasteiger partial charge >= 0.3 is 0 Å². The number of nitrogens with zero attached hydrogens (tertiary/aromatic N) is 3. The van der Waals surface area contributed by atoms with Crippen molar-refractivity contribution in [3.8, 4) is 0 Å². The van der Waals surface area contributed by atoms with Crippen molar-refractivity contribution in [3.05, 3.63) is 40.5 Å². The number of carbonyl (C=O) groups excluding carboxylic acids is 2. The first-order chi connectivity index (χ1) is 13.2. The molecule has 0 unspecified atom stereocenters. The van der Waals surface area contributed by atoms with Gasteiger partial charge in [-0.3, -0.25) is 14.9 Å². The van der Waals surface area contributed by atoms with Crippen molar-refractivity contribution >= 4 is 50.2 Å². The number of carbonyl (C=O) groups is 2. The summed E-state index contributed by atoms with van der Waals surface area (Å²) in [7, 11) is 0. The summed E-state index contributed by atoms with van der Waals surface area (Å²) in [5.41, 5.74) is 0.702. The second kappa shape index (κ2) is 7.86. The maximum Gasteiger partial charge on any atom is 0.273 e. The Hall–Kier alpha value is -2.49. The lowest BCUT2D eigenvalue weighted by molar-refractivity contribution is 0.0939. The first kappa shape index (κ1) is 20.2. The molecule has 3 rings (SSSR count). The Morgan fingerprint density at radius 1 is 1.29 bits per heavy atom. The van der Waals surface area contributed by atoms with Crippen molar-refractivity contribution in [2.75, 3.05) is 18.5 Å². The molecular formula is C18H20ClN5O3S. The summed E-state index contributed by atoms with van der Waals surface area (Å²) in [6, 6.07) is 6.59. The van der Waals surface area contributed by atoms with Gasteiger partial charge in [-0.05, 0) is 39.0 Å². The molecule has 0 aliphatic heterocycles. The number of benzene rings is 1. The number of thiazole rings is 1. The predicted molar refractivity (Wildman–Crippen MR) is 109 cm³/mol. The molecular weight excluding hydrogens is 402 g/mol. The topological polar surface area (TPSA) is 109 Å². The smallest absolute Gasteiger partial charge is 0.273 e. The Morgan fingerprint density at radius 3 is 2.68 bits per heavy atom. The second-order valence-corrected chi connectivity index (χ2v) is 8.48. The van der Waals surface area contributed by atoms with Gasteiger partial charge in [-0.25, -0.2) is 4.68 Å². The zero-order valence-electron chi connectivity index (χ0n) is 15.6. The van der Waals surface area contributed by atoms with E-state index in [1.54, 1.807) is 28.9 Å². The molecule has 0 aliphatic carbocycles. The number of hydrogen-bond acceptors (Lipinski definition) is 6. The van der Waals surface area contributed by atoms with Crippen LogP contribution in [0.5, 0.6) is 0 Å². The quantitative estimate of drug-likeness (QED) is 0.586. The molecule has 0 radical (unpaired) electrons. The summed E-state index contributed by atoms with van der Waals surface area (Å²) in [6.07, 6.45) is 0. The minimum absolute atomic E-state index is 0.125. The summed E-state index contributed by atoms with van der Waals surface area (Å²) < 4.78 is 2.22. The van der Waals surface area contributed by atoms with Crippen molar-refractivity contribution < 1.29 is 14.7 Å². The Kier molecular flexibility index (Phi) is 5.69. The number of anilines is 1. The number of aliphatic hydroxyl groups excluding tert-OH is 1. The summed E-state index contributed by atoms with van der Waals surface area (Å²) >= 11 is 7.11. The number of aromatic nitrogens is 3. The second-order valence-electron chi connectivity index (χ2n) is 7.05. The van der Waals surface area contributed by atoms with Crippen LogP contribution in [0.4, 0.5) is 5.13 Å². The Balaban J connectivity index is 1.98. The van der Waals surface area contributed by atoms with Crippen LogP contribution in [-0.2, 0) is 5.54 Å². The lowest BCUT2D eigenvalue weighted by Gasteiger charge is -2.19. The lowest BCUT2D eigenvalue weighted by Crippen LogP contribution is -2.28. The van der Waals surface area contributed by atoms with Crippen molar-refractivity contribution in [1.82, 2.24) is 20.1 Å². The van der Waals surface area contributed by atoms with E-state index < -0.39 is 11.4 Å². The van der Waals surface area contributed by atoms with Gasteiger partial charge in [0.15, 0.2) is 16.5 Å². The fraction of sp³-hybridized carbons (Fsp3) is 0.333. The van der Waals surface area contributed by atoms with Crippen LogP contribution in [0.2, 0.25) is 5.02 Å². The molecule has 3 N–H and O–H groups in total. The number of halogens is 1. The molecule has 8 nitrogen and oxygen atoms in total. The van der Waals surface area contributed by atoms with Gasteiger partial charge in [0.1, 0.15) is 4.70 Å². The first-order valence-corrected chi connectivity index (χ1v) is 9.76. The molecule has 28 heavy (non-hydrogen) atoms. The third-order valence-corrected chi connectivity index (χ3v) is 4.98. The average Bonchev–Trinajstić information content (AvgIpc) is 3.17. The summed E-state index contributed by atoms with van der Waals surface area (Å²) in [4.78, 5) is 29.4. The largest absolute Gasteiger partial charge is 0.395 e. The zero-order chi connectivity index (χ0) is 20.5. The maximum absolute atomic E-state index is 12.5. The van der Waals surface area contributed by atoms with Gasteiger partial charge < -0.3 is 10.4 Å². The van der Waals surface area contributed by atoms with Crippen LogP contribution in [0.3, 0.4) is 0 Å². The number of amides is 2. The van der Waals surface area contributed by atoms with Crippen molar-refractivity contribution in [3.63, 3.8) is 0 Å². The van der Waals surface area contributed by atoms with E-state index in [0.717, 1.165) is 0 Å². The number of fused-ring (bicyclic) bond motifs is 1. The monoisotopic (exact) mass is 421 g/mol. The predicted octanol–water partition coefficient (Wildman–Crippen LogP) is 2.88. The van der Waals surface area contributed by atoms with Crippen LogP contribution in [-0.4, -0.2) is 44.8 Å². The standard InChI is InChI=1S/C18H20ClN5O3S/c1-18(2,3)24-14-13(12(23-24)16(27)20-7-8-25)28-17(21-14)22-15(26)10-5-4-6-11(19)9-10/h4-6,9,25H,7-8H2,1-3H3,(H,20,27)(H,21,22,26). The molecule has 2 amide bonds. The van der Waals surface area contributed by atoms with E-state index >= 15 is 0 Å². The Morgan fingerprint density at radius 2 is 2.04 bits per heavy atom. The fourth-order valence-corrected chi connectivity index (χ4v) is 3.64. The highest BCUT2D eigenvalue weighted by Crippen LogP contribution is 2.32. The molecule has 0 atom stereocenters. The van der Waals surface area contributed by atoms with Gasteiger partial charge in [0.05, 0.1) is 12.1 Å². The van der Waals surface area contributed by atoms with Crippen LogP contribution in [0, 0.1) is 0 Å². The van der Waals surface area contributed by atoms with Crippen LogP contribution in [0.1, 0.15) is 41.6 Å². The van der Waals surface area contributed by atoms with Gasteiger partial charge in [0.2, 0.25) is 0 Å². The van der Waals surface area contributed by atoms with Crippen LogP contribution >= 0.6 is 22.9 Å². The van der Waals surface area contributed by atoms with E-state index in [0.29, 0.717) is 26.1 Å². The molecule has 0 spiro atoms. The van der Waals surface area contributed by atoms with Crippen molar-refractivity contribution in [2.24, 2.45) is 0 Å². The summed E-state index contributed by atoms with van der Waals surface area (Å²) in [6.45, 7) is 5.79. The van der Waals surface area contributed by atoms with Gasteiger partial charge in [-0.15, -0.1) is 0 Å². The van der Waals surface area contributed by atoms with Crippen LogP contribution in [0.15, 0.2) is 24.3 Å². The molecule has 0 saturated heterocycles. The first-order valence-electron chi connectivity index (χ1n) is 8.56. The molecule has 148 valence electrons. The highest BCUT2D eigenvalue weighted by molar-refractivity contribution is 7.22. The van der Waals surface area contributed by atoms with Gasteiger partial charge in [-0.1, -0.05) is 29.0 Å². The highest BCUT2D eigenvalue weighted by atomic mass is 35.5. The molecule has 2 heterocycles. The van der Waals surface area contributed by atoms with E-state index in [2.05, 4.69) is 20.7 Å². The van der Waals surface area contributed by atoms with E-state index in [4.69, 9.17) is 16.7 Å². The number of hydrogen-bond donors (Lipinski definition) is 3. The molecule has 1 aromatic carbocycles. The fourth-order valence-electron chi connectivity index (χ4n) is 2.52. The lowest BCUT2D eigenvalue weighted by atomic mass is 10.1. The molecule has 10 heteroatoms. The van der Waals surface area contributed by atoms with Gasteiger partial charge in [-0.2, -0.15) is 10.1 Å². The third kappa shape index (κ3) is 4.16. The van der Waals surface area contributed by atoms with E-state index in [9.17, 15) is 9.59 Å². The van der Waals surface area contributed by atoms with Gasteiger partial charge in [0, 0.05) is 17.1 Å². The van der Waals surface area contributed by atoms with Crippen molar-refractivity contribution in [2.45, 2.75) is 26.3 Å². The minimum atomic E-state index is -0.421. The molecule has 0 aliphatic rings. The zero-order valence-corrected chi connectivity index (χ0v) is 17.2. The Labute approximate surface area is 170 Å². The third-order valence-electron chi connectivity index (χ3n) is 3.78. The summed E-state index contributed by atoms with van der Waals surface area (Å²) in [5.74, 6) is -0.751. The highest BCUT2D eigenvalue weighted by Gasteiger charge is 2.27.